The van der Waals surface area contributed by atoms with Crippen LogP contribution in [0.1, 0.15) is 32.6 Å². The van der Waals surface area contributed by atoms with E-state index in [0.717, 1.165) is 36.7 Å². The monoisotopic (exact) mass is 317 g/mol. The van der Waals surface area contributed by atoms with Gasteiger partial charge in [-0.15, -0.1) is 0 Å². The summed E-state index contributed by atoms with van der Waals surface area (Å²) in [7, 11) is 0. The third kappa shape index (κ3) is 3.03. The summed E-state index contributed by atoms with van der Waals surface area (Å²) >= 11 is 0. The molecule has 6 nitrogen and oxygen atoms in total. The number of carbonyl (C=O) groups excluding carboxylic acids is 1. The Morgan fingerprint density at radius 1 is 1.22 bits per heavy atom. The van der Waals surface area contributed by atoms with Crippen LogP contribution in [0, 0.1) is 0 Å². The van der Waals surface area contributed by atoms with Crippen LogP contribution in [-0.2, 0) is 17.9 Å². The van der Waals surface area contributed by atoms with E-state index in [-0.39, 0.29) is 24.2 Å². The molecule has 1 heterocycles. The maximum atomic E-state index is 12.5. The molecule has 23 heavy (non-hydrogen) atoms. The fourth-order valence-electron chi connectivity index (χ4n) is 3.41. The first-order valence-electron chi connectivity index (χ1n) is 8.27. The molecule has 0 saturated heterocycles. The number of aromatic nitrogens is 2. The van der Waals surface area contributed by atoms with Crippen LogP contribution in [0.25, 0.3) is 11.0 Å². The first kappa shape index (κ1) is 15.8. The molecular formula is C17H23N3O3. The Labute approximate surface area is 134 Å². The van der Waals surface area contributed by atoms with Gasteiger partial charge in [0, 0.05) is 6.54 Å². The summed E-state index contributed by atoms with van der Waals surface area (Å²) in [6.07, 6.45) is 3.04. The molecule has 1 aliphatic rings. The van der Waals surface area contributed by atoms with Crippen LogP contribution in [0.2, 0.25) is 0 Å². The second-order valence-corrected chi connectivity index (χ2v) is 6.13. The summed E-state index contributed by atoms with van der Waals surface area (Å²) in [6, 6.07) is 7.29. The van der Waals surface area contributed by atoms with E-state index in [9.17, 15) is 14.7 Å². The highest BCUT2D eigenvalue weighted by atomic mass is 16.3. The maximum absolute atomic E-state index is 12.5. The van der Waals surface area contributed by atoms with Gasteiger partial charge in [0.1, 0.15) is 6.54 Å². The number of hydrogen-bond acceptors (Lipinski definition) is 3. The molecule has 0 spiro atoms. The number of aliphatic hydroxyl groups excluding tert-OH is 1. The van der Waals surface area contributed by atoms with Crippen LogP contribution in [0.4, 0.5) is 0 Å². The minimum atomic E-state index is -0.485. The maximum Gasteiger partial charge on any atom is 0.329 e. The average Bonchev–Trinajstić information content (AvgIpc) is 2.81. The van der Waals surface area contributed by atoms with Gasteiger partial charge in [0.05, 0.1) is 23.2 Å². The molecule has 2 unspecified atom stereocenters. The number of hydrogen-bond donors (Lipinski definition) is 2. The highest BCUT2D eigenvalue weighted by Crippen LogP contribution is 2.18. The van der Waals surface area contributed by atoms with Gasteiger partial charge in [-0.05, 0) is 31.9 Å². The fourth-order valence-corrected chi connectivity index (χ4v) is 3.41. The van der Waals surface area contributed by atoms with Crippen LogP contribution in [-0.4, -0.2) is 32.3 Å². The number of rotatable bonds is 4. The largest absolute Gasteiger partial charge is 0.391 e. The van der Waals surface area contributed by atoms with Crippen molar-refractivity contribution in [3.05, 3.63) is 34.7 Å². The molecule has 2 atom stereocenters. The lowest BCUT2D eigenvalue weighted by Crippen LogP contribution is -2.46. The molecule has 2 aromatic rings. The fraction of sp³-hybridized carbons (Fsp3) is 0.529. The minimum Gasteiger partial charge on any atom is -0.391 e. The number of nitrogens with zero attached hydrogens (tertiary/aromatic N) is 2. The number of aryl methyl sites for hydroxylation is 1. The summed E-state index contributed by atoms with van der Waals surface area (Å²) in [6.45, 7) is 2.46. The van der Waals surface area contributed by atoms with Gasteiger partial charge in [-0.2, -0.15) is 0 Å². The van der Waals surface area contributed by atoms with Gasteiger partial charge in [-0.1, -0.05) is 25.0 Å². The third-order valence-electron chi connectivity index (χ3n) is 4.62. The van der Waals surface area contributed by atoms with E-state index in [0.29, 0.717) is 6.54 Å². The summed E-state index contributed by atoms with van der Waals surface area (Å²) in [5.74, 6) is -0.225. The van der Waals surface area contributed by atoms with Crippen molar-refractivity contribution in [1.29, 1.82) is 0 Å². The zero-order chi connectivity index (χ0) is 16.4. The second kappa shape index (κ2) is 6.58. The lowest BCUT2D eigenvalue weighted by atomic mass is 9.92. The Morgan fingerprint density at radius 2 is 1.87 bits per heavy atom. The van der Waals surface area contributed by atoms with Gasteiger partial charge in [0.2, 0.25) is 5.91 Å². The molecule has 1 fully saturated rings. The van der Waals surface area contributed by atoms with E-state index in [1.807, 2.05) is 31.2 Å². The van der Waals surface area contributed by atoms with Crippen LogP contribution in [0.15, 0.2) is 29.1 Å². The van der Waals surface area contributed by atoms with Gasteiger partial charge in [0.15, 0.2) is 0 Å². The predicted octanol–water partition coefficient (Wildman–Crippen LogP) is 1.24. The summed E-state index contributed by atoms with van der Waals surface area (Å²) < 4.78 is 3.17. The lowest BCUT2D eigenvalue weighted by molar-refractivity contribution is -0.123. The van der Waals surface area contributed by atoms with E-state index >= 15 is 0 Å². The molecule has 0 radical (unpaired) electrons. The molecule has 124 valence electrons. The topological polar surface area (TPSA) is 76.3 Å². The first-order valence-corrected chi connectivity index (χ1v) is 8.27. The van der Waals surface area contributed by atoms with E-state index < -0.39 is 6.10 Å². The normalized spacial score (nSPS) is 21.5. The Balaban J connectivity index is 1.82. The highest BCUT2D eigenvalue weighted by Gasteiger charge is 2.25. The Kier molecular flexibility index (Phi) is 4.52. The van der Waals surface area contributed by atoms with Crippen molar-refractivity contribution in [3.63, 3.8) is 0 Å². The van der Waals surface area contributed by atoms with Crippen molar-refractivity contribution in [3.8, 4) is 0 Å². The molecule has 1 aliphatic carbocycles. The van der Waals surface area contributed by atoms with Crippen molar-refractivity contribution in [1.82, 2.24) is 14.5 Å². The highest BCUT2D eigenvalue weighted by molar-refractivity contribution is 5.81. The number of imidazole rings is 1. The zero-order valence-electron chi connectivity index (χ0n) is 13.4. The molecule has 0 bridgehead atoms. The Hall–Kier alpha value is -2.08. The number of nitrogens with one attached hydrogen (secondary N) is 1. The first-order chi connectivity index (χ1) is 11.1. The average molecular weight is 317 g/mol. The molecular weight excluding hydrogens is 294 g/mol. The molecule has 1 aromatic heterocycles. The number of carbonyl (C=O) groups is 1. The van der Waals surface area contributed by atoms with E-state index in [1.165, 1.54) is 4.57 Å². The van der Waals surface area contributed by atoms with Crippen LogP contribution in [0.3, 0.4) is 0 Å². The van der Waals surface area contributed by atoms with Gasteiger partial charge >= 0.3 is 5.69 Å². The lowest BCUT2D eigenvalue weighted by Gasteiger charge is -2.28. The quantitative estimate of drug-likeness (QED) is 0.891. The van der Waals surface area contributed by atoms with E-state index in [4.69, 9.17) is 0 Å². The molecule has 1 saturated carbocycles. The number of benzene rings is 1. The number of fused-ring (bicyclic) bond motifs is 1. The Bertz CT molecular complexity index is 762. The van der Waals surface area contributed by atoms with Gasteiger partial charge in [-0.25, -0.2) is 4.79 Å². The predicted molar refractivity (Wildman–Crippen MR) is 88.3 cm³/mol. The van der Waals surface area contributed by atoms with Crippen LogP contribution >= 0.6 is 0 Å². The standard InChI is InChI=1S/C17H23N3O3/c1-2-19-13-8-4-5-9-14(13)20(17(19)23)11-16(22)18-12-7-3-6-10-15(12)21/h4-5,8-9,12,15,21H,2-3,6-7,10-11H2,1H3,(H,18,22). The summed E-state index contributed by atoms with van der Waals surface area (Å²) in [5.41, 5.74) is 1.43. The summed E-state index contributed by atoms with van der Waals surface area (Å²) in [5, 5.41) is 12.8. The third-order valence-corrected chi connectivity index (χ3v) is 4.62. The Morgan fingerprint density at radius 3 is 2.52 bits per heavy atom. The number of para-hydroxylation sites is 2. The molecule has 3 rings (SSSR count). The van der Waals surface area contributed by atoms with Crippen LogP contribution in [0.5, 0.6) is 0 Å². The van der Waals surface area contributed by atoms with E-state index in [2.05, 4.69) is 5.32 Å². The minimum absolute atomic E-state index is 0.0183. The number of aliphatic hydroxyl groups is 1. The second-order valence-electron chi connectivity index (χ2n) is 6.13. The van der Waals surface area contributed by atoms with Crippen molar-refractivity contribution in [2.45, 2.75) is 57.8 Å². The van der Waals surface area contributed by atoms with Gasteiger partial charge in [-0.3, -0.25) is 13.9 Å². The molecule has 0 aliphatic heterocycles. The number of amides is 1. The van der Waals surface area contributed by atoms with E-state index in [1.54, 1.807) is 4.57 Å². The van der Waals surface area contributed by atoms with Crippen LogP contribution < -0.4 is 11.0 Å². The smallest absolute Gasteiger partial charge is 0.329 e. The summed E-state index contributed by atoms with van der Waals surface area (Å²) in [4.78, 5) is 24.8. The molecule has 1 amide bonds. The molecule has 1 aromatic carbocycles. The zero-order valence-corrected chi connectivity index (χ0v) is 13.4. The van der Waals surface area contributed by atoms with Gasteiger partial charge < -0.3 is 10.4 Å². The van der Waals surface area contributed by atoms with Gasteiger partial charge in [0.25, 0.3) is 0 Å². The molecule has 6 heteroatoms. The molecule has 2 N–H and O–H groups in total. The van der Waals surface area contributed by atoms with Crippen molar-refractivity contribution < 1.29 is 9.90 Å². The SMILES string of the molecule is CCn1c(=O)n(CC(=O)NC2CCCCC2O)c2ccccc21. The van der Waals surface area contributed by atoms with Crippen molar-refractivity contribution in [2.75, 3.05) is 0 Å². The van der Waals surface area contributed by atoms with Crippen molar-refractivity contribution in [2.24, 2.45) is 0 Å². The van der Waals surface area contributed by atoms with Crippen molar-refractivity contribution >= 4 is 16.9 Å².